The molecule has 2 rings (SSSR count). The normalized spacial score (nSPS) is 12.0. The minimum absolute atomic E-state index is 0.110. The molecule has 2 aromatic rings. The molecule has 5 heteroatoms. The fourth-order valence-corrected chi connectivity index (χ4v) is 2.29. The molecule has 1 amide bonds. The topological polar surface area (TPSA) is 58.6 Å². The molecule has 0 saturated heterocycles. The highest BCUT2D eigenvalue weighted by Crippen LogP contribution is 2.18. The Balaban J connectivity index is 1.77. The fourth-order valence-electron chi connectivity index (χ4n) is 2.16. The van der Waals surface area contributed by atoms with E-state index in [1.165, 1.54) is 5.56 Å². The fraction of sp³-hybridized carbons (Fsp3) is 0.316. The van der Waals surface area contributed by atoms with E-state index < -0.39 is 6.10 Å². The van der Waals surface area contributed by atoms with Gasteiger partial charge in [0.25, 0.3) is 5.91 Å². The Kier molecular flexibility index (Phi) is 6.64. The molecule has 24 heavy (non-hydrogen) atoms. The lowest BCUT2D eigenvalue weighted by Crippen LogP contribution is -2.32. The van der Waals surface area contributed by atoms with Crippen LogP contribution in [0, 0.1) is 0 Å². The number of halogens is 1. The van der Waals surface area contributed by atoms with Gasteiger partial charge in [0.2, 0.25) is 0 Å². The number of carbonyl (C=O) groups excluding carboxylic acids is 1. The van der Waals surface area contributed by atoms with Gasteiger partial charge in [0, 0.05) is 11.6 Å². The molecule has 0 heterocycles. The van der Waals surface area contributed by atoms with Crippen LogP contribution < -0.4 is 10.1 Å². The van der Waals surface area contributed by atoms with Crippen molar-refractivity contribution >= 4 is 17.5 Å². The second-order valence-electron chi connectivity index (χ2n) is 5.88. The number of hydrogen-bond acceptors (Lipinski definition) is 3. The number of carbonyl (C=O) groups is 1. The average molecular weight is 348 g/mol. The molecule has 0 spiro atoms. The van der Waals surface area contributed by atoms with Crippen molar-refractivity contribution < 1.29 is 14.6 Å². The van der Waals surface area contributed by atoms with Crippen molar-refractivity contribution in [3.05, 3.63) is 64.7 Å². The largest absolute Gasteiger partial charge is 0.484 e. The first-order chi connectivity index (χ1) is 11.5. The monoisotopic (exact) mass is 347 g/mol. The number of aliphatic hydroxyl groups excluding tert-OH is 1. The van der Waals surface area contributed by atoms with Crippen molar-refractivity contribution in [1.82, 2.24) is 5.32 Å². The minimum atomic E-state index is -0.745. The zero-order valence-electron chi connectivity index (χ0n) is 13.8. The summed E-state index contributed by atoms with van der Waals surface area (Å²) in [5.74, 6) is 0.725. The molecule has 2 N–H and O–H groups in total. The standard InChI is InChI=1S/C19H22ClNO3/c1-13(2)14-3-5-15(6-4-14)18(22)11-21-19(23)12-24-17-9-7-16(20)8-10-17/h3-10,13,18,22H,11-12H2,1-2H3,(H,21,23). The Hall–Kier alpha value is -2.04. The van der Waals surface area contributed by atoms with E-state index in [1.54, 1.807) is 24.3 Å². The lowest BCUT2D eigenvalue weighted by atomic mass is 10.00. The summed E-state index contributed by atoms with van der Waals surface area (Å²) in [4.78, 5) is 11.8. The number of nitrogens with one attached hydrogen (secondary N) is 1. The van der Waals surface area contributed by atoms with Gasteiger partial charge in [-0.3, -0.25) is 4.79 Å². The minimum Gasteiger partial charge on any atom is -0.484 e. The molecule has 0 bridgehead atoms. The molecular formula is C19H22ClNO3. The van der Waals surface area contributed by atoms with Gasteiger partial charge < -0.3 is 15.2 Å². The number of amides is 1. The van der Waals surface area contributed by atoms with Crippen molar-refractivity contribution in [2.45, 2.75) is 25.9 Å². The van der Waals surface area contributed by atoms with Gasteiger partial charge in [0.15, 0.2) is 6.61 Å². The van der Waals surface area contributed by atoms with E-state index in [1.807, 2.05) is 24.3 Å². The maximum atomic E-state index is 11.8. The van der Waals surface area contributed by atoms with E-state index >= 15 is 0 Å². The first-order valence-electron chi connectivity index (χ1n) is 7.88. The van der Waals surface area contributed by atoms with Crippen LogP contribution >= 0.6 is 11.6 Å². The van der Waals surface area contributed by atoms with Gasteiger partial charge in [-0.25, -0.2) is 0 Å². The van der Waals surface area contributed by atoms with Crippen molar-refractivity contribution in [2.75, 3.05) is 13.2 Å². The highest BCUT2D eigenvalue weighted by Gasteiger charge is 2.10. The molecule has 128 valence electrons. The van der Waals surface area contributed by atoms with Crippen LogP contribution in [0.3, 0.4) is 0 Å². The van der Waals surface area contributed by atoms with E-state index in [-0.39, 0.29) is 19.1 Å². The number of benzene rings is 2. The molecule has 0 fully saturated rings. The predicted molar refractivity (Wildman–Crippen MR) is 95.4 cm³/mol. The summed E-state index contributed by atoms with van der Waals surface area (Å²) in [7, 11) is 0. The van der Waals surface area contributed by atoms with Gasteiger partial charge in [-0.2, -0.15) is 0 Å². The zero-order valence-corrected chi connectivity index (χ0v) is 14.6. The third-order valence-electron chi connectivity index (χ3n) is 3.66. The number of ether oxygens (including phenoxy) is 1. The number of aliphatic hydroxyl groups is 1. The Morgan fingerprint density at radius 2 is 1.67 bits per heavy atom. The van der Waals surface area contributed by atoms with E-state index in [0.29, 0.717) is 16.7 Å². The summed E-state index contributed by atoms with van der Waals surface area (Å²) in [5.41, 5.74) is 1.99. The lowest BCUT2D eigenvalue weighted by molar-refractivity contribution is -0.123. The maximum absolute atomic E-state index is 11.8. The SMILES string of the molecule is CC(C)c1ccc(C(O)CNC(=O)COc2ccc(Cl)cc2)cc1. The molecule has 0 aliphatic rings. The van der Waals surface area contributed by atoms with E-state index in [2.05, 4.69) is 19.2 Å². The average Bonchev–Trinajstić information content (AvgIpc) is 2.59. The summed E-state index contributed by atoms with van der Waals surface area (Å²) in [6.07, 6.45) is -0.745. The molecular weight excluding hydrogens is 326 g/mol. The summed E-state index contributed by atoms with van der Waals surface area (Å²) in [5, 5.41) is 13.4. The number of hydrogen-bond donors (Lipinski definition) is 2. The van der Waals surface area contributed by atoms with Crippen LogP contribution in [-0.4, -0.2) is 24.2 Å². The van der Waals surface area contributed by atoms with Crippen molar-refractivity contribution in [1.29, 1.82) is 0 Å². The molecule has 0 aliphatic heterocycles. The molecule has 0 aromatic heterocycles. The second-order valence-corrected chi connectivity index (χ2v) is 6.32. The zero-order chi connectivity index (χ0) is 17.5. The molecule has 4 nitrogen and oxygen atoms in total. The third kappa shape index (κ3) is 5.55. The van der Waals surface area contributed by atoms with Crippen LogP contribution in [0.1, 0.15) is 37.0 Å². The summed E-state index contributed by atoms with van der Waals surface area (Å²) < 4.78 is 5.35. The highest BCUT2D eigenvalue weighted by molar-refractivity contribution is 6.30. The van der Waals surface area contributed by atoms with Gasteiger partial charge in [0.05, 0.1) is 6.10 Å². The molecule has 0 aliphatic carbocycles. The number of rotatable bonds is 7. The van der Waals surface area contributed by atoms with Crippen LogP contribution in [0.25, 0.3) is 0 Å². The Morgan fingerprint density at radius 1 is 1.08 bits per heavy atom. The van der Waals surface area contributed by atoms with E-state index in [4.69, 9.17) is 16.3 Å². The summed E-state index contributed by atoms with van der Waals surface area (Å²) in [6, 6.07) is 14.5. The van der Waals surface area contributed by atoms with Crippen molar-refractivity contribution in [2.24, 2.45) is 0 Å². The Morgan fingerprint density at radius 3 is 2.25 bits per heavy atom. The molecule has 1 atom stereocenters. The van der Waals surface area contributed by atoms with Gasteiger partial charge in [-0.1, -0.05) is 49.7 Å². The Labute approximate surface area is 147 Å². The first-order valence-corrected chi connectivity index (χ1v) is 8.26. The van der Waals surface area contributed by atoms with Crippen LogP contribution in [0.4, 0.5) is 0 Å². The summed E-state index contributed by atoms with van der Waals surface area (Å²) >= 11 is 5.78. The molecule has 2 aromatic carbocycles. The molecule has 0 saturated carbocycles. The van der Waals surface area contributed by atoms with Gasteiger partial charge in [-0.05, 0) is 41.3 Å². The predicted octanol–water partition coefficient (Wildman–Crippen LogP) is 3.69. The van der Waals surface area contributed by atoms with E-state index in [9.17, 15) is 9.90 Å². The van der Waals surface area contributed by atoms with Crippen molar-refractivity contribution in [3.8, 4) is 5.75 Å². The van der Waals surface area contributed by atoms with Gasteiger partial charge in [0.1, 0.15) is 5.75 Å². The van der Waals surface area contributed by atoms with Crippen molar-refractivity contribution in [3.63, 3.8) is 0 Å². The molecule has 1 unspecified atom stereocenters. The Bertz CT molecular complexity index is 653. The first kappa shape index (κ1) is 18.3. The lowest BCUT2D eigenvalue weighted by Gasteiger charge is -2.14. The highest BCUT2D eigenvalue weighted by atomic mass is 35.5. The third-order valence-corrected chi connectivity index (χ3v) is 3.92. The van der Waals surface area contributed by atoms with Crippen LogP contribution in [-0.2, 0) is 4.79 Å². The smallest absolute Gasteiger partial charge is 0.258 e. The quantitative estimate of drug-likeness (QED) is 0.803. The van der Waals surface area contributed by atoms with Crippen LogP contribution in [0.5, 0.6) is 5.75 Å². The maximum Gasteiger partial charge on any atom is 0.258 e. The van der Waals surface area contributed by atoms with Crippen LogP contribution in [0.15, 0.2) is 48.5 Å². The van der Waals surface area contributed by atoms with Gasteiger partial charge >= 0.3 is 0 Å². The van der Waals surface area contributed by atoms with Crippen LogP contribution in [0.2, 0.25) is 5.02 Å². The molecule has 0 radical (unpaired) electrons. The second kappa shape index (κ2) is 8.71. The van der Waals surface area contributed by atoms with Gasteiger partial charge in [-0.15, -0.1) is 0 Å². The van der Waals surface area contributed by atoms with E-state index in [0.717, 1.165) is 5.56 Å². The summed E-state index contributed by atoms with van der Waals surface area (Å²) in [6.45, 7) is 4.27.